The van der Waals surface area contributed by atoms with Crippen LogP contribution in [0.25, 0.3) is 0 Å². The number of aryl methyl sites for hydroxylation is 1. The summed E-state index contributed by atoms with van der Waals surface area (Å²) in [5.74, 6) is 2.78. The van der Waals surface area contributed by atoms with E-state index in [1.165, 1.54) is 12.8 Å². The second kappa shape index (κ2) is 4.84. The fraction of sp³-hybridized carbons (Fsp3) is 0.636. The van der Waals surface area contributed by atoms with E-state index in [4.69, 9.17) is 0 Å². The summed E-state index contributed by atoms with van der Waals surface area (Å²) in [6, 6.07) is 2.62. The molecule has 1 aromatic rings. The molecule has 0 bridgehead atoms. The van der Waals surface area contributed by atoms with Crippen LogP contribution in [0.5, 0.6) is 0 Å². The second-order valence-electron chi connectivity index (χ2n) is 3.99. The fourth-order valence-electron chi connectivity index (χ4n) is 2.04. The van der Waals surface area contributed by atoms with Crippen LogP contribution in [0.1, 0.15) is 25.6 Å². The van der Waals surface area contributed by atoms with Gasteiger partial charge in [-0.1, -0.05) is 0 Å². The molecule has 3 nitrogen and oxygen atoms in total. The molecule has 1 atom stereocenters. The highest BCUT2D eigenvalue weighted by Crippen LogP contribution is 2.22. The van der Waals surface area contributed by atoms with Gasteiger partial charge >= 0.3 is 0 Å². The van der Waals surface area contributed by atoms with E-state index in [0.717, 1.165) is 30.4 Å². The van der Waals surface area contributed by atoms with Gasteiger partial charge in [0.1, 0.15) is 11.6 Å². The quantitative estimate of drug-likeness (QED) is 0.794. The van der Waals surface area contributed by atoms with Crippen LogP contribution in [0, 0.1) is 0 Å². The fourth-order valence-corrected chi connectivity index (χ4v) is 2.24. The molecular weight excluding hydrogens is 206 g/mol. The first kappa shape index (κ1) is 10.7. The molecule has 0 N–H and O–H groups in total. The van der Waals surface area contributed by atoms with Crippen molar-refractivity contribution in [2.45, 2.75) is 32.2 Å². The largest absolute Gasteiger partial charge is 0.354 e. The third kappa shape index (κ3) is 2.43. The number of anilines is 1. The van der Waals surface area contributed by atoms with Crippen LogP contribution in [0.4, 0.5) is 5.82 Å². The summed E-state index contributed by atoms with van der Waals surface area (Å²) in [6.07, 6.45) is 5.24. The smallest absolute Gasteiger partial charge is 0.132 e. The molecule has 1 unspecified atom stereocenters. The minimum Gasteiger partial charge on any atom is -0.354 e. The normalized spacial score (nSPS) is 20.9. The van der Waals surface area contributed by atoms with Gasteiger partial charge in [-0.15, -0.1) is 0 Å². The maximum atomic E-state index is 4.56. The van der Waals surface area contributed by atoms with Gasteiger partial charge in [-0.05, 0) is 31.6 Å². The highest BCUT2D eigenvalue weighted by atomic mass is 32.1. The molecular formula is C11H17N3S. The second-order valence-corrected chi connectivity index (χ2v) is 4.44. The molecule has 15 heavy (non-hydrogen) atoms. The average Bonchev–Trinajstić information content (AvgIpc) is 2.65. The Bertz CT molecular complexity index is 329. The molecule has 4 heteroatoms. The minimum atomic E-state index is 0.615. The molecule has 1 aliphatic rings. The van der Waals surface area contributed by atoms with Crippen molar-refractivity contribution >= 4 is 18.4 Å². The van der Waals surface area contributed by atoms with Gasteiger partial charge in [0, 0.05) is 25.2 Å². The van der Waals surface area contributed by atoms with Gasteiger partial charge < -0.3 is 4.90 Å². The molecule has 0 aliphatic carbocycles. The van der Waals surface area contributed by atoms with Crippen LogP contribution in [-0.2, 0) is 6.42 Å². The Kier molecular flexibility index (Phi) is 3.46. The molecule has 1 fully saturated rings. The van der Waals surface area contributed by atoms with Crippen LogP contribution in [0.2, 0.25) is 0 Å². The maximum Gasteiger partial charge on any atom is 0.132 e. The molecule has 1 aliphatic heterocycles. The Morgan fingerprint density at radius 2 is 2.47 bits per heavy atom. The molecule has 2 heterocycles. The first-order chi connectivity index (χ1) is 7.31. The lowest BCUT2D eigenvalue weighted by atomic mass is 10.2. The van der Waals surface area contributed by atoms with Gasteiger partial charge in [0.2, 0.25) is 0 Å². The van der Waals surface area contributed by atoms with Crippen molar-refractivity contribution in [2.75, 3.05) is 17.2 Å². The topological polar surface area (TPSA) is 29.0 Å². The van der Waals surface area contributed by atoms with E-state index in [1.807, 2.05) is 12.3 Å². The number of hydrogen-bond acceptors (Lipinski definition) is 4. The maximum absolute atomic E-state index is 4.56. The van der Waals surface area contributed by atoms with Crippen molar-refractivity contribution in [1.82, 2.24) is 9.97 Å². The first-order valence-electron chi connectivity index (χ1n) is 5.50. The molecule has 0 aromatic carbocycles. The van der Waals surface area contributed by atoms with Crippen LogP contribution in [0.15, 0.2) is 12.3 Å². The summed E-state index contributed by atoms with van der Waals surface area (Å²) in [5.41, 5.74) is 0. The van der Waals surface area contributed by atoms with Crippen LogP contribution in [0.3, 0.4) is 0 Å². The van der Waals surface area contributed by atoms with Crippen molar-refractivity contribution in [3.8, 4) is 0 Å². The highest BCUT2D eigenvalue weighted by Gasteiger charge is 2.21. The number of hydrogen-bond donors (Lipinski definition) is 1. The van der Waals surface area contributed by atoms with Crippen molar-refractivity contribution in [1.29, 1.82) is 0 Å². The third-order valence-corrected chi connectivity index (χ3v) is 3.10. The van der Waals surface area contributed by atoms with Crippen molar-refractivity contribution in [3.63, 3.8) is 0 Å². The molecule has 0 radical (unpaired) electrons. The van der Waals surface area contributed by atoms with Gasteiger partial charge in [-0.2, -0.15) is 12.6 Å². The molecule has 0 amide bonds. The van der Waals surface area contributed by atoms with Crippen molar-refractivity contribution < 1.29 is 0 Å². The predicted octanol–water partition coefficient (Wildman–Crippen LogP) is 1.94. The van der Waals surface area contributed by atoms with E-state index in [0.29, 0.717) is 6.04 Å². The lowest BCUT2D eigenvalue weighted by molar-refractivity contribution is 0.722. The minimum absolute atomic E-state index is 0.615. The number of rotatable bonds is 3. The third-order valence-electron chi connectivity index (χ3n) is 2.87. The van der Waals surface area contributed by atoms with Gasteiger partial charge in [-0.25, -0.2) is 9.97 Å². The number of aromatic nitrogens is 2. The predicted molar refractivity (Wildman–Crippen MR) is 65.6 cm³/mol. The first-order valence-corrected chi connectivity index (χ1v) is 6.14. The van der Waals surface area contributed by atoms with Gasteiger partial charge in [-0.3, -0.25) is 0 Å². The number of thiol groups is 1. The zero-order valence-electron chi connectivity index (χ0n) is 9.06. The Hall–Kier alpha value is -0.770. The zero-order valence-corrected chi connectivity index (χ0v) is 9.95. The van der Waals surface area contributed by atoms with Crippen LogP contribution < -0.4 is 4.90 Å². The van der Waals surface area contributed by atoms with E-state index in [-0.39, 0.29) is 0 Å². The summed E-state index contributed by atoms with van der Waals surface area (Å²) < 4.78 is 0. The summed E-state index contributed by atoms with van der Waals surface area (Å²) in [4.78, 5) is 11.2. The van der Waals surface area contributed by atoms with Crippen molar-refractivity contribution in [3.05, 3.63) is 18.1 Å². The van der Waals surface area contributed by atoms with Gasteiger partial charge in [0.15, 0.2) is 0 Å². The summed E-state index contributed by atoms with van der Waals surface area (Å²) >= 11 is 4.20. The van der Waals surface area contributed by atoms with E-state index in [2.05, 4.69) is 34.4 Å². The molecule has 0 spiro atoms. The zero-order chi connectivity index (χ0) is 10.7. The van der Waals surface area contributed by atoms with Gasteiger partial charge in [0.05, 0.1) is 0 Å². The van der Waals surface area contributed by atoms with Crippen LogP contribution >= 0.6 is 12.6 Å². The Morgan fingerprint density at radius 3 is 3.13 bits per heavy atom. The standard InChI is InChI=1S/C11H17N3S/c1-9-3-2-7-14(9)11-4-6-12-10(13-11)5-8-15/h4,6,9,15H,2-3,5,7-8H2,1H3. The molecule has 2 rings (SSSR count). The summed E-state index contributed by atoms with van der Waals surface area (Å²) in [6.45, 7) is 3.38. The summed E-state index contributed by atoms with van der Waals surface area (Å²) in [5, 5.41) is 0. The molecule has 1 saturated heterocycles. The lowest BCUT2D eigenvalue weighted by Crippen LogP contribution is -2.27. The lowest BCUT2D eigenvalue weighted by Gasteiger charge is -2.22. The van der Waals surface area contributed by atoms with E-state index >= 15 is 0 Å². The molecule has 0 saturated carbocycles. The average molecular weight is 223 g/mol. The van der Waals surface area contributed by atoms with E-state index in [1.54, 1.807) is 0 Å². The van der Waals surface area contributed by atoms with E-state index in [9.17, 15) is 0 Å². The molecule has 82 valence electrons. The monoisotopic (exact) mass is 223 g/mol. The van der Waals surface area contributed by atoms with Gasteiger partial charge in [0.25, 0.3) is 0 Å². The van der Waals surface area contributed by atoms with E-state index < -0.39 is 0 Å². The van der Waals surface area contributed by atoms with Crippen LogP contribution in [-0.4, -0.2) is 28.3 Å². The number of nitrogens with zero attached hydrogens (tertiary/aromatic N) is 3. The Balaban J connectivity index is 2.16. The Morgan fingerprint density at radius 1 is 1.60 bits per heavy atom. The SMILES string of the molecule is CC1CCCN1c1ccnc(CCS)n1. The Labute approximate surface area is 96.3 Å². The summed E-state index contributed by atoms with van der Waals surface area (Å²) in [7, 11) is 0. The van der Waals surface area contributed by atoms with Crippen molar-refractivity contribution in [2.24, 2.45) is 0 Å². The molecule has 1 aromatic heterocycles. The highest BCUT2D eigenvalue weighted by molar-refractivity contribution is 7.80.